The molecule has 0 atom stereocenters. The lowest BCUT2D eigenvalue weighted by molar-refractivity contribution is 0.0908. The summed E-state index contributed by atoms with van der Waals surface area (Å²) in [5.41, 5.74) is 3.95. The van der Waals surface area contributed by atoms with Crippen LogP contribution in [0.15, 0.2) is 54.7 Å². The summed E-state index contributed by atoms with van der Waals surface area (Å²) in [6, 6.07) is 13.9. The maximum absolute atomic E-state index is 13.5. The van der Waals surface area contributed by atoms with Crippen molar-refractivity contribution in [3.63, 3.8) is 0 Å². The number of rotatable bonds is 7. The zero-order valence-corrected chi connectivity index (χ0v) is 19.8. The molecule has 1 aromatic heterocycles. The highest BCUT2D eigenvalue weighted by molar-refractivity contribution is 5.94. The molecule has 1 saturated heterocycles. The van der Waals surface area contributed by atoms with E-state index >= 15 is 0 Å². The summed E-state index contributed by atoms with van der Waals surface area (Å²) in [6.07, 6.45) is 3.26. The van der Waals surface area contributed by atoms with Crippen molar-refractivity contribution in [1.29, 1.82) is 0 Å². The summed E-state index contributed by atoms with van der Waals surface area (Å²) in [5.74, 6) is 1.22. The van der Waals surface area contributed by atoms with Crippen molar-refractivity contribution in [2.45, 2.75) is 32.4 Å². The fourth-order valence-electron chi connectivity index (χ4n) is 4.35. The van der Waals surface area contributed by atoms with Gasteiger partial charge in [-0.25, -0.2) is 4.39 Å². The highest BCUT2D eigenvalue weighted by Crippen LogP contribution is 2.32. The Morgan fingerprint density at radius 1 is 1.09 bits per heavy atom. The van der Waals surface area contributed by atoms with Gasteiger partial charge in [0.1, 0.15) is 17.3 Å². The van der Waals surface area contributed by atoms with E-state index in [2.05, 4.69) is 15.2 Å². The Kier molecular flexibility index (Phi) is 7.43. The quantitative estimate of drug-likeness (QED) is 0.555. The number of aryl methyl sites for hydroxylation is 1. The molecule has 2 aromatic carbocycles. The zero-order chi connectivity index (χ0) is 24.1. The summed E-state index contributed by atoms with van der Waals surface area (Å²) in [7, 11) is 3.36. The molecule has 4 rings (SSSR count). The third-order valence-corrected chi connectivity index (χ3v) is 6.20. The molecule has 34 heavy (non-hydrogen) atoms. The Morgan fingerprint density at radius 3 is 2.38 bits per heavy atom. The Labute approximate surface area is 199 Å². The molecule has 7 heteroatoms. The number of benzene rings is 2. The second-order valence-electron chi connectivity index (χ2n) is 8.61. The fraction of sp³-hybridized carbons (Fsp3) is 0.333. The van der Waals surface area contributed by atoms with Crippen LogP contribution in [0.1, 0.15) is 34.3 Å². The van der Waals surface area contributed by atoms with Gasteiger partial charge in [-0.1, -0.05) is 12.1 Å². The van der Waals surface area contributed by atoms with Gasteiger partial charge in [-0.2, -0.15) is 0 Å². The molecule has 0 bridgehead atoms. The van der Waals surface area contributed by atoms with E-state index in [1.54, 1.807) is 44.7 Å². The summed E-state index contributed by atoms with van der Waals surface area (Å²) >= 11 is 0. The molecule has 1 aliphatic rings. The van der Waals surface area contributed by atoms with Crippen molar-refractivity contribution < 1.29 is 18.7 Å². The molecule has 0 unspecified atom stereocenters. The predicted molar refractivity (Wildman–Crippen MR) is 130 cm³/mol. The SMILES string of the molecule is COc1cc(C)cc(OC)c1CN1CCC(NC(=O)c2ccc(-c3cccc(F)c3)nc2)CC1. The number of piperidine rings is 1. The van der Waals surface area contributed by atoms with Crippen LogP contribution in [0.3, 0.4) is 0 Å². The van der Waals surface area contributed by atoms with Crippen molar-refractivity contribution >= 4 is 5.91 Å². The van der Waals surface area contributed by atoms with E-state index in [1.807, 2.05) is 19.1 Å². The van der Waals surface area contributed by atoms with Crippen LogP contribution in [0.4, 0.5) is 4.39 Å². The molecule has 0 saturated carbocycles. The van der Waals surface area contributed by atoms with Gasteiger partial charge in [0.05, 0.1) is 31.0 Å². The molecule has 1 N–H and O–H groups in total. The minimum atomic E-state index is -0.313. The van der Waals surface area contributed by atoms with E-state index in [4.69, 9.17) is 9.47 Å². The highest BCUT2D eigenvalue weighted by atomic mass is 19.1. The first-order valence-electron chi connectivity index (χ1n) is 11.4. The minimum absolute atomic E-state index is 0.105. The Bertz CT molecular complexity index is 1120. The standard InChI is InChI=1S/C27H30FN3O3/c1-18-13-25(33-2)23(26(14-18)34-3)17-31-11-9-22(10-12-31)30-27(32)20-7-8-24(29-16-20)19-5-4-6-21(28)15-19/h4-8,13-16,22H,9-12,17H2,1-3H3,(H,30,32). The van der Waals surface area contributed by atoms with Gasteiger partial charge in [-0.05, 0) is 61.7 Å². The van der Waals surface area contributed by atoms with Gasteiger partial charge >= 0.3 is 0 Å². The molecule has 2 heterocycles. The number of hydrogen-bond donors (Lipinski definition) is 1. The zero-order valence-electron chi connectivity index (χ0n) is 19.8. The molecule has 3 aromatic rings. The molecular formula is C27H30FN3O3. The molecule has 0 aliphatic carbocycles. The van der Waals surface area contributed by atoms with Gasteiger partial charge < -0.3 is 14.8 Å². The maximum atomic E-state index is 13.5. The number of nitrogens with zero attached hydrogens (tertiary/aromatic N) is 2. The van der Waals surface area contributed by atoms with Crippen LogP contribution in [0.5, 0.6) is 11.5 Å². The van der Waals surface area contributed by atoms with E-state index in [0.29, 0.717) is 16.8 Å². The van der Waals surface area contributed by atoms with Crippen LogP contribution >= 0.6 is 0 Å². The number of nitrogens with one attached hydrogen (secondary N) is 1. The van der Waals surface area contributed by atoms with E-state index in [-0.39, 0.29) is 17.8 Å². The number of aromatic nitrogens is 1. The number of carbonyl (C=O) groups excluding carboxylic acids is 1. The van der Waals surface area contributed by atoms with Gasteiger partial charge in [-0.15, -0.1) is 0 Å². The molecule has 0 spiro atoms. The van der Waals surface area contributed by atoms with Crippen LogP contribution < -0.4 is 14.8 Å². The third kappa shape index (κ3) is 5.54. The van der Waals surface area contributed by atoms with Gasteiger partial charge in [-0.3, -0.25) is 14.7 Å². The lowest BCUT2D eigenvalue weighted by Gasteiger charge is -2.33. The largest absolute Gasteiger partial charge is 0.496 e. The summed E-state index contributed by atoms with van der Waals surface area (Å²) in [4.78, 5) is 19.4. The van der Waals surface area contributed by atoms with Crippen LogP contribution in [0, 0.1) is 12.7 Å². The Hall–Kier alpha value is -3.45. The van der Waals surface area contributed by atoms with Gasteiger partial charge in [0.2, 0.25) is 0 Å². The third-order valence-electron chi connectivity index (χ3n) is 6.20. The van der Waals surface area contributed by atoms with E-state index in [0.717, 1.165) is 55.1 Å². The number of pyridine rings is 1. The van der Waals surface area contributed by atoms with Crippen LogP contribution in [-0.4, -0.2) is 49.1 Å². The van der Waals surface area contributed by atoms with Crippen molar-refractivity contribution in [2.75, 3.05) is 27.3 Å². The second-order valence-corrected chi connectivity index (χ2v) is 8.61. The van der Waals surface area contributed by atoms with Crippen molar-refractivity contribution in [3.05, 3.63) is 77.2 Å². The number of halogens is 1. The average Bonchev–Trinajstić information content (AvgIpc) is 2.86. The summed E-state index contributed by atoms with van der Waals surface area (Å²) in [6.45, 7) is 4.48. The Morgan fingerprint density at radius 2 is 1.79 bits per heavy atom. The van der Waals surface area contributed by atoms with Crippen LogP contribution in [0.2, 0.25) is 0 Å². The fourth-order valence-corrected chi connectivity index (χ4v) is 4.35. The normalized spacial score (nSPS) is 14.6. The average molecular weight is 464 g/mol. The van der Waals surface area contributed by atoms with Crippen molar-refractivity contribution in [2.24, 2.45) is 0 Å². The van der Waals surface area contributed by atoms with Crippen molar-refractivity contribution in [3.8, 4) is 22.8 Å². The van der Waals surface area contributed by atoms with E-state index < -0.39 is 0 Å². The number of carbonyl (C=O) groups is 1. The molecule has 1 aliphatic heterocycles. The van der Waals surface area contributed by atoms with Gasteiger partial charge in [0, 0.05) is 37.4 Å². The molecule has 1 fully saturated rings. The number of hydrogen-bond acceptors (Lipinski definition) is 5. The Balaban J connectivity index is 1.33. The monoisotopic (exact) mass is 463 g/mol. The van der Waals surface area contributed by atoms with Gasteiger partial charge in [0.15, 0.2) is 0 Å². The number of methoxy groups -OCH3 is 2. The summed E-state index contributed by atoms with van der Waals surface area (Å²) in [5, 5.41) is 3.13. The molecule has 1 amide bonds. The van der Waals surface area contributed by atoms with Gasteiger partial charge in [0.25, 0.3) is 5.91 Å². The second kappa shape index (κ2) is 10.7. The molecule has 6 nitrogen and oxygen atoms in total. The van der Waals surface area contributed by atoms with Crippen LogP contribution in [-0.2, 0) is 6.54 Å². The number of amides is 1. The lowest BCUT2D eigenvalue weighted by atomic mass is 10.0. The van der Waals surface area contributed by atoms with E-state index in [9.17, 15) is 9.18 Å². The smallest absolute Gasteiger partial charge is 0.253 e. The first kappa shape index (κ1) is 23.7. The molecule has 0 radical (unpaired) electrons. The minimum Gasteiger partial charge on any atom is -0.496 e. The predicted octanol–water partition coefficient (Wildman–Crippen LogP) is 4.61. The maximum Gasteiger partial charge on any atom is 0.253 e. The van der Waals surface area contributed by atoms with E-state index in [1.165, 1.54) is 12.1 Å². The first-order chi connectivity index (χ1) is 16.5. The number of ether oxygens (including phenoxy) is 2. The molecule has 178 valence electrons. The highest BCUT2D eigenvalue weighted by Gasteiger charge is 2.23. The van der Waals surface area contributed by atoms with Crippen LogP contribution in [0.25, 0.3) is 11.3 Å². The molecular weight excluding hydrogens is 433 g/mol. The topological polar surface area (TPSA) is 63.7 Å². The first-order valence-corrected chi connectivity index (χ1v) is 11.4. The summed E-state index contributed by atoms with van der Waals surface area (Å²) < 4.78 is 24.6. The van der Waals surface area contributed by atoms with Crippen molar-refractivity contribution in [1.82, 2.24) is 15.2 Å². The number of likely N-dealkylation sites (tertiary alicyclic amines) is 1. The lowest BCUT2D eigenvalue weighted by Crippen LogP contribution is -2.44.